The van der Waals surface area contributed by atoms with Crippen molar-refractivity contribution in [3.63, 3.8) is 0 Å². The van der Waals surface area contributed by atoms with Gasteiger partial charge in [-0.25, -0.2) is 0 Å². The van der Waals surface area contributed by atoms with Crippen LogP contribution in [0.3, 0.4) is 0 Å². The molecule has 1 heterocycles. The van der Waals surface area contributed by atoms with Crippen molar-refractivity contribution in [2.75, 3.05) is 6.54 Å². The maximum atomic E-state index is 11.8. The first-order valence-electron chi connectivity index (χ1n) is 7.12. The third-order valence-electron chi connectivity index (χ3n) is 3.12. The predicted molar refractivity (Wildman–Crippen MR) is 77.5 cm³/mol. The van der Waals surface area contributed by atoms with E-state index in [0.29, 0.717) is 6.54 Å². The molecule has 0 spiro atoms. The zero-order valence-electron chi connectivity index (χ0n) is 11.9. The maximum absolute atomic E-state index is 11.8. The molecule has 0 aliphatic carbocycles. The molecule has 19 heavy (non-hydrogen) atoms. The molecule has 0 atom stereocenters. The van der Waals surface area contributed by atoms with Gasteiger partial charge in [-0.15, -0.1) is 0 Å². The zero-order valence-corrected chi connectivity index (χ0v) is 11.9. The van der Waals surface area contributed by atoms with E-state index in [1.807, 2.05) is 0 Å². The Kier molecular flexibility index (Phi) is 6.93. The number of hydrogen-bond acceptors (Lipinski definition) is 2. The Labute approximate surface area is 114 Å². The van der Waals surface area contributed by atoms with Gasteiger partial charge in [0.2, 0.25) is 0 Å². The molecule has 0 aromatic carbocycles. The Hall–Kier alpha value is -1.58. The monoisotopic (exact) mass is 264 g/mol. The van der Waals surface area contributed by atoms with Crippen molar-refractivity contribution in [1.29, 1.82) is 0 Å². The number of amides is 1. The van der Waals surface area contributed by atoms with E-state index < -0.39 is 0 Å². The molecule has 0 saturated heterocycles. The first-order valence-corrected chi connectivity index (χ1v) is 7.12. The van der Waals surface area contributed by atoms with Crippen molar-refractivity contribution < 1.29 is 4.79 Å². The zero-order chi connectivity index (χ0) is 14.1. The summed E-state index contributed by atoms with van der Waals surface area (Å²) in [4.78, 5) is 26.3. The lowest BCUT2D eigenvalue weighted by molar-refractivity contribution is 0.0951. The summed E-state index contributed by atoms with van der Waals surface area (Å²) >= 11 is 0. The number of aromatic amines is 1. The van der Waals surface area contributed by atoms with Gasteiger partial charge in [-0.1, -0.05) is 39.0 Å². The van der Waals surface area contributed by atoms with Crippen molar-refractivity contribution in [3.05, 3.63) is 33.7 Å². The van der Waals surface area contributed by atoms with Gasteiger partial charge in [0, 0.05) is 24.5 Å². The van der Waals surface area contributed by atoms with Crippen molar-refractivity contribution in [2.24, 2.45) is 0 Å². The molecule has 4 heteroatoms. The number of nitrogens with one attached hydrogen (secondary N) is 2. The number of unbranched alkanes of at least 4 members (excludes halogenated alkanes) is 5. The predicted octanol–water partition coefficient (Wildman–Crippen LogP) is 2.77. The van der Waals surface area contributed by atoms with Crippen LogP contribution in [-0.4, -0.2) is 17.4 Å². The highest BCUT2D eigenvalue weighted by molar-refractivity contribution is 5.93. The molecule has 1 aromatic heterocycles. The first-order chi connectivity index (χ1) is 9.15. The summed E-state index contributed by atoms with van der Waals surface area (Å²) in [7, 11) is 0. The molecule has 0 aliphatic heterocycles. The van der Waals surface area contributed by atoms with E-state index in [0.717, 1.165) is 18.5 Å². The molecule has 2 N–H and O–H groups in total. The van der Waals surface area contributed by atoms with Crippen LogP contribution >= 0.6 is 0 Å². The van der Waals surface area contributed by atoms with Gasteiger partial charge in [0.15, 0.2) is 5.43 Å². The van der Waals surface area contributed by atoms with Crippen LogP contribution in [0, 0.1) is 6.92 Å². The lowest BCUT2D eigenvalue weighted by Crippen LogP contribution is -2.29. The molecular formula is C15H24N2O2. The van der Waals surface area contributed by atoms with Crippen LogP contribution in [0.2, 0.25) is 0 Å². The topological polar surface area (TPSA) is 62.0 Å². The van der Waals surface area contributed by atoms with Gasteiger partial charge < -0.3 is 10.3 Å². The number of pyridine rings is 1. The SMILES string of the molecule is CCCCCCCCNC(=O)c1c[nH]c(C)cc1=O. The van der Waals surface area contributed by atoms with Crippen LogP contribution < -0.4 is 10.7 Å². The number of carbonyl (C=O) groups excluding carboxylic acids is 1. The fraction of sp³-hybridized carbons (Fsp3) is 0.600. The van der Waals surface area contributed by atoms with E-state index in [9.17, 15) is 9.59 Å². The highest BCUT2D eigenvalue weighted by atomic mass is 16.2. The van der Waals surface area contributed by atoms with Gasteiger partial charge in [-0.05, 0) is 13.3 Å². The third kappa shape index (κ3) is 5.73. The van der Waals surface area contributed by atoms with E-state index in [1.54, 1.807) is 6.92 Å². The molecule has 0 unspecified atom stereocenters. The Morgan fingerprint density at radius 2 is 1.89 bits per heavy atom. The van der Waals surface area contributed by atoms with E-state index in [1.165, 1.54) is 37.9 Å². The van der Waals surface area contributed by atoms with E-state index >= 15 is 0 Å². The van der Waals surface area contributed by atoms with Gasteiger partial charge in [0.1, 0.15) is 5.56 Å². The average molecular weight is 264 g/mol. The number of aromatic nitrogens is 1. The minimum atomic E-state index is -0.283. The standard InChI is InChI=1S/C15H24N2O2/c1-3-4-5-6-7-8-9-16-15(19)13-11-17-12(2)10-14(13)18/h10-11H,3-9H2,1-2H3,(H,16,19)(H,17,18). The Bertz CT molecular complexity index is 452. The van der Waals surface area contributed by atoms with Crippen molar-refractivity contribution in [2.45, 2.75) is 52.4 Å². The van der Waals surface area contributed by atoms with Crippen molar-refractivity contribution in [1.82, 2.24) is 10.3 Å². The Balaban J connectivity index is 2.26. The van der Waals surface area contributed by atoms with Gasteiger partial charge >= 0.3 is 0 Å². The van der Waals surface area contributed by atoms with Crippen molar-refractivity contribution in [3.8, 4) is 0 Å². The van der Waals surface area contributed by atoms with Crippen LogP contribution in [0.15, 0.2) is 17.1 Å². The second-order valence-electron chi connectivity index (χ2n) is 4.92. The number of H-pyrrole nitrogens is 1. The van der Waals surface area contributed by atoms with Crippen LogP contribution in [0.5, 0.6) is 0 Å². The number of carbonyl (C=O) groups is 1. The molecule has 0 fully saturated rings. The van der Waals surface area contributed by atoms with E-state index in [-0.39, 0.29) is 16.9 Å². The number of rotatable bonds is 8. The minimum absolute atomic E-state index is 0.191. The van der Waals surface area contributed by atoms with Crippen LogP contribution in [0.4, 0.5) is 0 Å². The summed E-state index contributed by atoms with van der Waals surface area (Å²) in [6.45, 7) is 4.62. The maximum Gasteiger partial charge on any atom is 0.256 e. The molecule has 0 aliphatic rings. The second kappa shape index (κ2) is 8.51. The Morgan fingerprint density at radius 3 is 2.58 bits per heavy atom. The summed E-state index contributed by atoms with van der Waals surface area (Å²) < 4.78 is 0. The van der Waals surface area contributed by atoms with Gasteiger partial charge in [-0.3, -0.25) is 9.59 Å². The number of hydrogen-bond donors (Lipinski definition) is 2. The highest BCUT2D eigenvalue weighted by Crippen LogP contribution is 2.04. The smallest absolute Gasteiger partial charge is 0.256 e. The second-order valence-corrected chi connectivity index (χ2v) is 4.92. The minimum Gasteiger partial charge on any atom is -0.364 e. The molecule has 1 rings (SSSR count). The lowest BCUT2D eigenvalue weighted by Gasteiger charge is -2.05. The molecule has 0 saturated carbocycles. The van der Waals surface area contributed by atoms with Crippen LogP contribution in [0.1, 0.15) is 61.5 Å². The molecule has 106 valence electrons. The quantitative estimate of drug-likeness (QED) is 0.709. The fourth-order valence-electron chi connectivity index (χ4n) is 1.95. The normalized spacial score (nSPS) is 10.4. The molecular weight excluding hydrogens is 240 g/mol. The molecule has 1 aromatic rings. The number of aryl methyl sites for hydroxylation is 1. The van der Waals surface area contributed by atoms with E-state index in [4.69, 9.17) is 0 Å². The molecule has 0 radical (unpaired) electrons. The van der Waals surface area contributed by atoms with Gasteiger partial charge in [0.05, 0.1) is 0 Å². The molecule has 1 amide bonds. The first kappa shape index (κ1) is 15.5. The highest BCUT2D eigenvalue weighted by Gasteiger charge is 2.08. The van der Waals surface area contributed by atoms with Crippen LogP contribution in [-0.2, 0) is 0 Å². The summed E-state index contributed by atoms with van der Waals surface area (Å²) in [6.07, 6.45) is 8.59. The average Bonchev–Trinajstić information content (AvgIpc) is 2.37. The molecule has 4 nitrogen and oxygen atoms in total. The summed E-state index contributed by atoms with van der Waals surface area (Å²) in [5.74, 6) is -0.283. The molecule has 0 bridgehead atoms. The third-order valence-corrected chi connectivity index (χ3v) is 3.12. The van der Waals surface area contributed by atoms with Gasteiger partial charge in [0.25, 0.3) is 5.91 Å². The van der Waals surface area contributed by atoms with Gasteiger partial charge in [-0.2, -0.15) is 0 Å². The Morgan fingerprint density at radius 1 is 1.21 bits per heavy atom. The summed E-state index contributed by atoms with van der Waals surface area (Å²) in [5.41, 5.74) is 0.728. The van der Waals surface area contributed by atoms with Crippen LogP contribution in [0.25, 0.3) is 0 Å². The summed E-state index contributed by atoms with van der Waals surface area (Å²) in [5, 5.41) is 2.79. The largest absolute Gasteiger partial charge is 0.364 e. The lowest BCUT2D eigenvalue weighted by atomic mass is 10.1. The fourth-order valence-corrected chi connectivity index (χ4v) is 1.95. The van der Waals surface area contributed by atoms with E-state index in [2.05, 4.69) is 17.2 Å². The summed E-state index contributed by atoms with van der Waals surface area (Å²) in [6, 6.07) is 1.44. The van der Waals surface area contributed by atoms with Crippen molar-refractivity contribution >= 4 is 5.91 Å².